The van der Waals surface area contributed by atoms with Crippen LogP contribution < -0.4 is 10.0 Å². The standard InChI is InChI=1S/C20H25F4N5O2S/c1-4-29-8-7-15(21)18(11-29)25-19-12(2)9-16(26-27-19)14-6-5-13(20(22,23)24)10-17(14)28-32(3,30)31/h5-6,9-10,15,18,28H,4,7-8,11H2,1-3H3,(H,25,27)/t15-,18-/m0/s1. The molecule has 2 atom stereocenters. The summed E-state index contributed by atoms with van der Waals surface area (Å²) in [4.78, 5) is 2.12. The zero-order chi connectivity index (χ0) is 23.7. The van der Waals surface area contributed by atoms with E-state index in [0.717, 1.165) is 24.9 Å². The highest BCUT2D eigenvalue weighted by molar-refractivity contribution is 7.92. The van der Waals surface area contributed by atoms with Crippen molar-refractivity contribution in [1.29, 1.82) is 0 Å². The van der Waals surface area contributed by atoms with Crippen LogP contribution in [0.25, 0.3) is 11.3 Å². The maximum atomic E-state index is 14.4. The minimum absolute atomic E-state index is 0.142. The van der Waals surface area contributed by atoms with Gasteiger partial charge in [-0.15, -0.1) is 10.2 Å². The fourth-order valence-corrected chi connectivity index (χ4v) is 4.15. The van der Waals surface area contributed by atoms with Crippen LogP contribution >= 0.6 is 0 Å². The number of anilines is 2. The summed E-state index contributed by atoms with van der Waals surface area (Å²) in [6.45, 7) is 5.72. The van der Waals surface area contributed by atoms with Crippen molar-refractivity contribution in [2.24, 2.45) is 0 Å². The lowest BCUT2D eigenvalue weighted by Gasteiger charge is -2.35. The number of nitrogens with zero attached hydrogens (tertiary/aromatic N) is 3. The van der Waals surface area contributed by atoms with E-state index >= 15 is 0 Å². The van der Waals surface area contributed by atoms with Crippen LogP contribution in [-0.2, 0) is 16.2 Å². The maximum Gasteiger partial charge on any atom is 0.416 e. The lowest BCUT2D eigenvalue weighted by atomic mass is 10.0. The minimum atomic E-state index is -4.64. The van der Waals surface area contributed by atoms with Crippen molar-refractivity contribution in [1.82, 2.24) is 15.1 Å². The van der Waals surface area contributed by atoms with Crippen LogP contribution in [0.15, 0.2) is 24.3 Å². The summed E-state index contributed by atoms with van der Waals surface area (Å²) in [5, 5.41) is 11.2. The van der Waals surface area contributed by atoms with Gasteiger partial charge in [0.05, 0.1) is 29.2 Å². The van der Waals surface area contributed by atoms with Gasteiger partial charge in [0.1, 0.15) is 6.17 Å². The molecule has 12 heteroatoms. The van der Waals surface area contributed by atoms with Crippen LogP contribution in [0.4, 0.5) is 29.1 Å². The Kier molecular flexibility index (Phi) is 6.94. The van der Waals surface area contributed by atoms with Crippen LogP contribution in [0.5, 0.6) is 0 Å². The molecule has 0 bridgehead atoms. The molecule has 0 unspecified atom stereocenters. The molecule has 1 aromatic heterocycles. The van der Waals surface area contributed by atoms with Crippen LogP contribution in [0.2, 0.25) is 0 Å². The fourth-order valence-electron chi connectivity index (χ4n) is 3.58. The molecule has 0 radical (unpaired) electrons. The molecule has 3 rings (SSSR count). The normalized spacial score (nSPS) is 20.2. The van der Waals surface area contributed by atoms with E-state index in [2.05, 4.69) is 25.1 Å². The van der Waals surface area contributed by atoms with Crippen LogP contribution in [0.1, 0.15) is 24.5 Å². The molecule has 0 amide bonds. The number of rotatable bonds is 6. The summed E-state index contributed by atoms with van der Waals surface area (Å²) in [6, 6.07) is 3.82. The van der Waals surface area contributed by atoms with E-state index in [-0.39, 0.29) is 16.9 Å². The summed E-state index contributed by atoms with van der Waals surface area (Å²) in [5.74, 6) is 0.365. The summed E-state index contributed by atoms with van der Waals surface area (Å²) >= 11 is 0. The third-order valence-corrected chi connectivity index (χ3v) is 5.88. The van der Waals surface area contributed by atoms with Gasteiger partial charge in [0.25, 0.3) is 0 Å². The molecule has 176 valence electrons. The molecular formula is C20H25F4N5O2S. The van der Waals surface area contributed by atoms with E-state index < -0.39 is 34.0 Å². The summed E-state index contributed by atoms with van der Waals surface area (Å²) < 4.78 is 79.2. The Bertz CT molecular complexity index is 1080. The Morgan fingerprint density at radius 1 is 1.22 bits per heavy atom. The van der Waals surface area contributed by atoms with Gasteiger partial charge < -0.3 is 10.2 Å². The van der Waals surface area contributed by atoms with Gasteiger partial charge >= 0.3 is 6.18 Å². The first kappa shape index (κ1) is 24.2. The summed E-state index contributed by atoms with van der Waals surface area (Å²) in [7, 11) is -3.85. The topological polar surface area (TPSA) is 87.2 Å². The number of halogens is 4. The molecule has 2 heterocycles. The predicted octanol–water partition coefficient (Wildman–Crippen LogP) is 3.69. The number of hydrogen-bond acceptors (Lipinski definition) is 6. The Morgan fingerprint density at radius 2 is 1.94 bits per heavy atom. The Hall–Kier alpha value is -2.47. The Balaban J connectivity index is 1.92. The highest BCUT2D eigenvalue weighted by atomic mass is 32.2. The zero-order valence-corrected chi connectivity index (χ0v) is 18.7. The molecule has 2 aromatic rings. The first-order valence-corrected chi connectivity index (χ1v) is 11.9. The first-order chi connectivity index (χ1) is 14.9. The minimum Gasteiger partial charge on any atom is -0.361 e. The van der Waals surface area contributed by atoms with Gasteiger partial charge in [-0.25, -0.2) is 12.8 Å². The molecule has 0 spiro atoms. The molecule has 0 saturated carbocycles. The highest BCUT2D eigenvalue weighted by Gasteiger charge is 2.32. The van der Waals surface area contributed by atoms with E-state index in [1.54, 1.807) is 13.0 Å². The number of sulfonamides is 1. The number of nitrogens with one attached hydrogen (secondary N) is 2. The summed E-state index contributed by atoms with van der Waals surface area (Å²) in [5.41, 5.74) is -0.332. The number of aromatic nitrogens is 2. The molecular weight excluding hydrogens is 450 g/mol. The largest absolute Gasteiger partial charge is 0.416 e. The van der Waals surface area contributed by atoms with Crippen LogP contribution in [0, 0.1) is 6.92 Å². The van der Waals surface area contributed by atoms with Gasteiger partial charge in [0.2, 0.25) is 10.0 Å². The van der Waals surface area contributed by atoms with Gasteiger partial charge in [-0.3, -0.25) is 4.72 Å². The number of piperidine rings is 1. The van der Waals surface area contributed by atoms with Crippen molar-refractivity contribution in [2.75, 3.05) is 35.9 Å². The van der Waals surface area contributed by atoms with Gasteiger partial charge in [0.15, 0.2) is 5.82 Å². The second kappa shape index (κ2) is 9.18. The zero-order valence-electron chi connectivity index (χ0n) is 17.9. The molecule has 32 heavy (non-hydrogen) atoms. The van der Waals surface area contributed by atoms with Crippen LogP contribution in [0.3, 0.4) is 0 Å². The van der Waals surface area contributed by atoms with E-state index in [1.165, 1.54) is 0 Å². The Labute approximate surface area is 184 Å². The van der Waals surface area contributed by atoms with Gasteiger partial charge in [0, 0.05) is 18.7 Å². The second-order valence-corrected chi connectivity index (χ2v) is 9.59. The number of hydrogen-bond donors (Lipinski definition) is 2. The molecule has 0 aliphatic carbocycles. The molecule has 2 N–H and O–H groups in total. The van der Waals surface area contributed by atoms with E-state index in [0.29, 0.717) is 37.0 Å². The number of benzene rings is 1. The van der Waals surface area contributed by atoms with Crippen molar-refractivity contribution in [2.45, 2.75) is 38.7 Å². The van der Waals surface area contributed by atoms with Gasteiger partial charge in [-0.1, -0.05) is 13.0 Å². The van der Waals surface area contributed by atoms with Crippen LogP contribution in [-0.4, -0.2) is 61.6 Å². The van der Waals surface area contributed by atoms with Crippen molar-refractivity contribution in [3.8, 4) is 11.3 Å². The fraction of sp³-hybridized carbons (Fsp3) is 0.500. The molecule has 1 fully saturated rings. The Morgan fingerprint density at radius 3 is 2.53 bits per heavy atom. The molecule has 1 saturated heterocycles. The highest BCUT2D eigenvalue weighted by Crippen LogP contribution is 2.36. The maximum absolute atomic E-state index is 14.4. The lowest BCUT2D eigenvalue weighted by Crippen LogP contribution is -2.48. The third kappa shape index (κ3) is 5.85. The second-order valence-electron chi connectivity index (χ2n) is 7.84. The van der Waals surface area contributed by atoms with Gasteiger partial charge in [-0.05, 0) is 43.7 Å². The first-order valence-electron chi connectivity index (χ1n) is 10.0. The average molecular weight is 476 g/mol. The monoisotopic (exact) mass is 475 g/mol. The molecule has 1 aromatic carbocycles. The smallest absolute Gasteiger partial charge is 0.361 e. The SMILES string of the molecule is CCN1CC[C@H](F)[C@@H](Nc2nnc(-c3ccc(C(F)(F)F)cc3NS(C)(=O)=O)cc2C)C1. The summed E-state index contributed by atoms with van der Waals surface area (Å²) in [6.07, 6.45) is -4.43. The van der Waals surface area contributed by atoms with E-state index in [1.807, 2.05) is 6.92 Å². The third-order valence-electron chi connectivity index (χ3n) is 5.28. The number of likely N-dealkylation sites (N-methyl/N-ethyl adjacent to an activating group) is 1. The molecule has 1 aliphatic rings. The molecule has 1 aliphatic heterocycles. The molecule has 7 nitrogen and oxygen atoms in total. The number of aryl methyl sites for hydroxylation is 1. The van der Waals surface area contributed by atoms with Crippen molar-refractivity contribution >= 4 is 21.5 Å². The van der Waals surface area contributed by atoms with Crippen molar-refractivity contribution in [3.05, 3.63) is 35.4 Å². The van der Waals surface area contributed by atoms with E-state index in [4.69, 9.17) is 0 Å². The van der Waals surface area contributed by atoms with Crippen molar-refractivity contribution < 1.29 is 26.0 Å². The van der Waals surface area contributed by atoms with E-state index in [9.17, 15) is 26.0 Å². The average Bonchev–Trinajstić information content (AvgIpc) is 2.69. The lowest BCUT2D eigenvalue weighted by molar-refractivity contribution is -0.137. The predicted molar refractivity (Wildman–Crippen MR) is 115 cm³/mol. The number of alkyl halides is 4. The number of likely N-dealkylation sites (tertiary alicyclic amines) is 1. The quantitative estimate of drug-likeness (QED) is 0.620. The van der Waals surface area contributed by atoms with Gasteiger partial charge in [-0.2, -0.15) is 13.2 Å². The van der Waals surface area contributed by atoms with Crippen molar-refractivity contribution in [3.63, 3.8) is 0 Å².